The maximum absolute atomic E-state index is 14.0. The predicted octanol–water partition coefficient (Wildman–Crippen LogP) is 5.04. The van der Waals surface area contributed by atoms with E-state index in [0.29, 0.717) is 18.6 Å². The Hall–Kier alpha value is -2.34. The van der Waals surface area contributed by atoms with Gasteiger partial charge in [-0.15, -0.1) is 0 Å². The number of piperidine rings is 1. The minimum Gasteiger partial charge on any atom is -0.494 e. The highest BCUT2D eigenvalue weighted by Gasteiger charge is 2.38. The Balaban J connectivity index is 1.12. The second-order valence-electron chi connectivity index (χ2n) is 9.25. The molecule has 0 aliphatic carbocycles. The Morgan fingerprint density at radius 2 is 1.81 bits per heavy atom. The lowest BCUT2D eigenvalue weighted by molar-refractivity contribution is 0.157. The van der Waals surface area contributed by atoms with Crippen LogP contribution in [0, 0.1) is 17.6 Å². The van der Waals surface area contributed by atoms with E-state index in [2.05, 4.69) is 22.0 Å². The molecule has 3 heterocycles. The van der Waals surface area contributed by atoms with Gasteiger partial charge in [-0.1, -0.05) is 0 Å². The molecule has 0 bridgehead atoms. The lowest BCUT2D eigenvalue weighted by Crippen LogP contribution is -2.51. The molecule has 2 atom stereocenters. The van der Waals surface area contributed by atoms with E-state index in [1.807, 2.05) is 0 Å². The van der Waals surface area contributed by atoms with Gasteiger partial charge < -0.3 is 15.0 Å². The Morgan fingerprint density at radius 3 is 2.58 bits per heavy atom. The van der Waals surface area contributed by atoms with Gasteiger partial charge in [0.2, 0.25) is 0 Å². The van der Waals surface area contributed by atoms with Crippen LogP contribution in [-0.4, -0.2) is 43.3 Å². The Kier molecular flexibility index (Phi) is 5.74. The molecule has 2 aromatic carbocycles. The zero-order valence-electron chi connectivity index (χ0n) is 18.1. The molecule has 31 heavy (non-hydrogen) atoms. The van der Waals surface area contributed by atoms with Crippen molar-refractivity contribution in [3.63, 3.8) is 0 Å². The third kappa shape index (κ3) is 4.36. The summed E-state index contributed by atoms with van der Waals surface area (Å²) in [6.45, 7) is 6.08. The van der Waals surface area contributed by atoms with Crippen LogP contribution in [-0.2, 0) is 6.42 Å². The van der Waals surface area contributed by atoms with E-state index < -0.39 is 0 Å². The summed E-state index contributed by atoms with van der Waals surface area (Å²) in [6.07, 6.45) is 5.61. The predicted molar refractivity (Wildman–Crippen MR) is 120 cm³/mol. The van der Waals surface area contributed by atoms with Crippen LogP contribution >= 0.6 is 0 Å². The summed E-state index contributed by atoms with van der Waals surface area (Å²) in [7, 11) is 0. The van der Waals surface area contributed by atoms with Crippen LogP contribution in [0.3, 0.4) is 0 Å². The molecule has 2 aromatic rings. The number of benzene rings is 2. The zero-order chi connectivity index (χ0) is 21.4. The fourth-order valence-electron chi connectivity index (χ4n) is 5.41. The summed E-state index contributed by atoms with van der Waals surface area (Å²) in [6, 6.07) is 10.1. The van der Waals surface area contributed by atoms with Crippen molar-refractivity contribution in [1.29, 1.82) is 0 Å². The topological polar surface area (TPSA) is 27.7 Å². The minimum atomic E-state index is -0.236. The number of halogens is 2. The van der Waals surface area contributed by atoms with Gasteiger partial charge in [-0.2, -0.15) is 0 Å². The van der Waals surface area contributed by atoms with Crippen molar-refractivity contribution in [3.05, 3.63) is 53.6 Å². The molecule has 166 valence electrons. The number of rotatable bonds is 6. The third-order valence-electron chi connectivity index (χ3n) is 7.12. The van der Waals surface area contributed by atoms with Crippen molar-refractivity contribution in [1.82, 2.24) is 4.90 Å². The summed E-state index contributed by atoms with van der Waals surface area (Å²) >= 11 is 0. The first kappa shape index (κ1) is 20.6. The highest BCUT2D eigenvalue weighted by atomic mass is 19.1. The fourth-order valence-corrected chi connectivity index (χ4v) is 5.41. The number of ether oxygens (including phenoxy) is 1. The van der Waals surface area contributed by atoms with Crippen LogP contribution in [0.1, 0.15) is 38.2 Å². The van der Waals surface area contributed by atoms with Gasteiger partial charge in [0.05, 0.1) is 18.0 Å². The minimum absolute atomic E-state index is 0.139. The van der Waals surface area contributed by atoms with Gasteiger partial charge in [0.1, 0.15) is 23.5 Å². The van der Waals surface area contributed by atoms with E-state index in [1.54, 1.807) is 24.3 Å². The molecule has 4 nitrogen and oxygen atoms in total. The number of aryl methyl sites for hydroxylation is 1. The second-order valence-corrected chi connectivity index (χ2v) is 9.25. The van der Waals surface area contributed by atoms with Crippen LogP contribution in [0.15, 0.2) is 36.4 Å². The molecule has 0 radical (unpaired) electrons. The highest BCUT2D eigenvalue weighted by molar-refractivity contribution is 5.80. The molecule has 1 saturated heterocycles. The molecule has 3 aliphatic heterocycles. The molecule has 0 saturated carbocycles. The monoisotopic (exact) mass is 427 g/mol. The average molecular weight is 428 g/mol. The van der Waals surface area contributed by atoms with Crippen LogP contribution in [0.4, 0.5) is 20.2 Å². The Labute approximate surface area is 183 Å². The SMILES string of the molecule is CC1CCc2cc(F)cc3c2N1C(CN1CCC(CCOc2ccc(F)cc2)CC1)N3. The van der Waals surface area contributed by atoms with Crippen molar-refractivity contribution in [3.8, 4) is 5.75 Å². The first-order valence-electron chi connectivity index (χ1n) is 11.5. The number of likely N-dealkylation sites (tertiary alicyclic amines) is 1. The van der Waals surface area contributed by atoms with E-state index in [-0.39, 0.29) is 17.8 Å². The maximum atomic E-state index is 14.0. The highest BCUT2D eigenvalue weighted by Crippen LogP contribution is 2.44. The van der Waals surface area contributed by atoms with Gasteiger partial charge in [0.25, 0.3) is 0 Å². The third-order valence-corrected chi connectivity index (χ3v) is 7.12. The lowest BCUT2D eigenvalue weighted by Gasteiger charge is -2.40. The first-order valence-corrected chi connectivity index (χ1v) is 11.5. The molecule has 3 aliphatic rings. The van der Waals surface area contributed by atoms with Crippen LogP contribution < -0.4 is 15.0 Å². The quantitative estimate of drug-likeness (QED) is 0.699. The Morgan fingerprint density at radius 1 is 1.03 bits per heavy atom. The Bertz CT molecular complexity index is 912. The molecule has 2 unspecified atom stereocenters. The molecule has 5 rings (SSSR count). The molecular formula is C25H31F2N3O. The number of nitrogens with one attached hydrogen (secondary N) is 1. The molecule has 0 spiro atoms. The van der Waals surface area contributed by atoms with Crippen LogP contribution in [0.5, 0.6) is 5.75 Å². The molecule has 6 heteroatoms. The van der Waals surface area contributed by atoms with Crippen molar-refractivity contribution >= 4 is 11.4 Å². The van der Waals surface area contributed by atoms with Crippen molar-refractivity contribution in [2.45, 2.75) is 51.2 Å². The van der Waals surface area contributed by atoms with Crippen LogP contribution in [0.2, 0.25) is 0 Å². The van der Waals surface area contributed by atoms with Gasteiger partial charge in [-0.25, -0.2) is 8.78 Å². The lowest BCUT2D eigenvalue weighted by atomic mass is 9.93. The molecule has 1 fully saturated rings. The first-order chi connectivity index (χ1) is 15.1. The second kappa shape index (κ2) is 8.65. The summed E-state index contributed by atoms with van der Waals surface area (Å²) in [5.41, 5.74) is 3.32. The van der Waals surface area contributed by atoms with Gasteiger partial charge in [-0.05, 0) is 100.0 Å². The van der Waals surface area contributed by atoms with E-state index >= 15 is 0 Å². The summed E-state index contributed by atoms with van der Waals surface area (Å²) in [4.78, 5) is 5.02. The summed E-state index contributed by atoms with van der Waals surface area (Å²) in [5.74, 6) is 1.03. The molecular weight excluding hydrogens is 396 g/mol. The largest absolute Gasteiger partial charge is 0.494 e. The maximum Gasteiger partial charge on any atom is 0.125 e. The van der Waals surface area contributed by atoms with Gasteiger partial charge in [-0.3, -0.25) is 4.90 Å². The molecule has 0 aromatic heterocycles. The normalized spacial score (nSPS) is 23.5. The molecule has 0 amide bonds. The molecule has 1 N–H and O–H groups in total. The fraction of sp³-hybridized carbons (Fsp3) is 0.520. The number of hydrogen-bond acceptors (Lipinski definition) is 4. The van der Waals surface area contributed by atoms with Crippen molar-refractivity contribution in [2.75, 3.05) is 36.5 Å². The van der Waals surface area contributed by atoms with Gasteiger partial charge >= 0.3 is 0 Å². The van der Waals surface area contributed by atoms with Gasteiger partial charge in [0, 0.05) is 12.6 Å². The number of hydrogen-bond donors (Lipinski definition) is 1. The van der Waals surface area contributed by atoms with Crippen molar-refractivity contribution in [2.24, 2.45) is 5.92 Å². The zero-order valence-corrected chi connectivity index (χ0v) is 18.1. The standard InChI is InChI=1S/C25H31F2N3O/c1-17-2-3-19-14-21(27)15-23-25(19)30(17)24(28-23)16-29-11-8-18(9-12-29)10-13-31-22-6-4-20(26)5-7-22/h4-7,14-15,17-18,24,28H,2-3,8-13,16H2,1H3. The summed E-state index contributed by atoms with van der Waals surface area (Å²) < 4.78 is 32.8. The smallest absolute Gasteiger partial charge is 0.125 e. The van der Waals surface area contributed by atoms with Crippen LogP contribution in [0.25, 0.3) is 0 Å². The summed E-state index contributed by atoms with van der Waals surface area (Å²) in [5, 5.41) is 3.60. The van der Waals surface area contributed by atoms with E-state index in [1.165, 1.54) is 30.7 Å². The average Bonchev–Trinajstić information content (AvgIpc) is 3.12. The van der Waals surface area contributed by atoms with Crippen molar-refractivity contribution < 1.29 is 13.5 Å². The number of nitrogens with zero attached hydrogens (tertiary/aromatic N) is 2. The van der Waals surface area contributed by atoms with E-state index in [4.69, 9.17) is 4.74 Å². The van der Waals surface area contributed by atoms with E-state index in [9.17, 15) is 8.78 Å². The van der Waals surface area contributed by atoms with E-state index in [0.717, 1.165) is 55.9 Å². The van der Waals surface area contributed by atoms with Gasteiger partial charge in [0.15, 0.2) is 0 Å². The number of anilines is 2.